The Labute approximate surface area is 108 Å². The number of amides is 1. The molecule has 0 aromatic heterocycles. The summed E-state index contributed by atoms with van der Waals surface area (Å²) < 4.78 is 0. The molecule has 0 aromatic rings. The van der Waals surface area contributed by atoms with Gasteiger partial charge in [-0.15, -0.1) is 0 Å². The van der Waals surface area contributed by atoms with Crippen LogP contribution in [0.3, 0.4) is 0 Å². The molecule has 0 bridgehead atoms. The van der Waals surface area contributed by atoms with Crippen LogP contribution >= 0.6 is 0 Å². The Morgan fingerprint density at radius 1 is 1.18 bits per heavy atom. The molecule has 0 atom stereocenters. The van der Waals surface area contributed by atoms with E-state index >= 15 is 0 Å². The van der Waals surface area contributed by atoms with Crippen LogP contribution in [0.15, 0.2) is 23.8 Å². The summed E-state index contributed by atoms with van der Waals surface area (Å²) in [5.41, 5.74) is 0.732. The van der Waals surface area contributed by atoms with E-state index in [1.54, 1.807) is 0 Å². The van der Waals surface area contributed by atoms with Gasteiger partial charge in [-0.1, -0.05) is 52.8 Å². The highest BCUT2D eigenvalue weighted by atomic mass is 16.1. The first-order valence-corrected chi connectivity index (χ1v) is 6.75. The summed E-state index contributed by atoms with van der Waals surface area (Å²) in [5.74, 6) is 0.00204. The van der Waals surface area contributed by atoms with Crippen LogP contribution in [0.25, 0.3) is 0 Å². The monoisotopic (exact) mass is 241 g/mol. The number of rotatable bonds is 4. The third-order valence-electron chi connectivity index (χ3n) is 1.53. The zero-order chi connectivity index (χ0) is 14.3. The van der Waals surface area contributed by atoms with E-state index in [1.165, 1.54) is 0 Å². The second kappa shape index (κ2) is 17.3. The van der Waals surface area contributed by atoms with Crippen LogP contribution in [0.5, 0.6) is 0 Å². The van der Waals surface area contributed by atoms with E-state index < -0.39 is 0 Å². The van der Waals surface area contributed by atoms with Gasteiger partial charge >= 0.3 is 0 Å². The SMILES string of the molecule is C/C=C(\C=C/CC)C(=O)NC(C)C.CC.CC. The van der Waals surface area contributed by atoms with Crippen molar-refractivity contribution in [2.45, 2.75) is 67.9 Å². The zero-order valence-electron chi connectivity index (χ0n) is 12.9. The highest BCUT2D eigenvalue weighted by molar-refractivity contribution is 5.96. The number of nitrogens with one attached hydrogen (secondary N) is 1. The zero-order valence-corrected chi connectivity index (χ0v) is 12.9. The number of hydrogen-bond donors (Lipinski definition) is 1. The lowest BCUT2D eigenvalue weighted by atomic mass is 10.2. The Bertz CT molecular complexity index is 215. The molecular formula is C15H31NO. The molecule has 1 amide bonds. The molecule has 2 heteroatoms. The van der Waals surface area contributed by atoms with Crippen molar-refractivity contribution in [1.29, 1.82) is 0 Å². The summed E-state index contributed by atoms with van der Waals surface area (Å²) in [6.07, 6.45) is 6.61. The van der Waals surface area contributed by atoms with E-state index in [2.05, 4.69) is 5.32 Å². The molecule has 0 heterocycles. The topological polar surface area (TPSA) is 29.1 Å². The summed E-state index contributed by atoms with van der Waals surface area (Å²) in [6, 6.07) is 0.192. The quantitative estimate of drug-likeness (QED) is 0.571. The average molecular weight is 241 g/mol. The summed E-state index contributed by atoms with van der Waals surface area (Å²) in [5, 5.41) is 2.84. The summed E-state index contributed by atoms with van der Waals surface area (Å²) in [7, 11) is 0. The maximum atomic E-state index is 11.5. The molecular weight excluding hydrogens is 210 g/mol. The van der Waals surface area contributed by atoms with E-state index in [1.807, 2.05) is 73.6 Å². The van der Waals surface area contributed by atoms with Crippen molar-refractivity contribution in [3.05, 3.63) is 23.8 Å². The Kier molecular flexibility index (Phi) is 21.7. The summed E-state index contributed by atoms with van der Waals surface area (Å²) >= 11 is 0. The number of carbonyl (C=O) groups is 1. The third-order valence-corrected chi connectivity index (χ3v) is 1.53. The van der Waals surface area contributed by atoms with Gasteiger partial charge in [0.25, 0.3) is 5.91 Å². The first kappa shape index (κ1) is 21.3. The fourth-order valence-electron chi connectivity index (χ4n) is 0.893. The molecule has 0 fully saturated rings. The van der Waals surface area contributed by atoms with Crippen LogP contribution in [0, 0.1) is 0 Å². The van der Waals surface area contributed by atoms with Crippen LogP contribution in [0.1, 0.15) is 61.8 Å². The Morgan fingerprint density at radius 3 is 1.94 bits per heavy atom. The van der Waals surface area contributed by atoms with Gasteiger partial charge in [-0.2, -0.15) is 0 Å². The molecule has 0 unspecified atom stereocenters. The second-order valence-electron chi connectivity index (χ2n) is 3.18. The molecule has 0 saturated carbocycles. The van der Waals surface area contributed by atoms with Gasteiger partial charge in [-0.25, -0.2) is 0 Å². The van der Waals surface area contributed by atoms with Gasteiger partial charge in [-0.3, -0.25) is 4.79 Å². The minimum atomic E-state index is 0.00204. The maximum Gasteiger partial charge on any atom is 0.251 e. The van der Waals surface area contributed by atoms with Crippen molar-refractivity contribution >= 4 is 5.91 Å². The average Bonchev–Trinajstić information content (AvgIpc) is 2.34. The molecule has 2 nitrogen and oxygen atoms in total. The molecule has 0 radical (unpaired) electrons. The molecule has 1 N–H and O–H groups in total. The van der Waals surface area contributed by atoms with Crippen molar-refractivity contribution in [2.75, 3.05) is 0 Å². The smallest absolute Gasteiger partial charge is 0.251 e. The highest BCUT2D eigenvalue weighted by Crippen LogP contribution is 1.98. The molecule has 0 aliphatic carbocycles. The summed E-state index contributed by atoms with van der Waals surface area (Å²) in [4.78, 5) is 11.5. The fraction of sp³-hybridized carbons (Fsp3) is 0.667. The normalized spacial score (nSPS) is 10.3. The fourth-order valence-corrected chi connectivity index (χ4v) is 0.893. The first-order chi connectivity index (χ1) is 8.11. The van der Waals surface area contributed by atoms with Gasteiger partial charge in [0.2, 0.25) is 0 Å². The summed E-state index contributed by atoms with van der Waals surface area (Å²) in [6.45, 7) is 15.8. The predicted octanol–water partition coefficient (Wildman–Crippen LogP) is 4.48. The molecule has 0 spiro atoms. The predicted molar refractivity (Wildman–Crippen MR) is 79.2 cm³/mol. The highest BCUT2D eigenvalue weighted by Gasteiger charge is 2.05. The molecule has 0 aromatic carbocycles. The van der Waals surface area contributed by atoms with Crippen molar-refractivity contribution in [1.82, 2.24) is 5.32 Å². The van der Waals surface area contributed by atoms with Crippen molar-refractivity contribution in [3.63, 3.8) is 0 Å². The largest absolute Gasteiger partial charge is 0.350 e. The van der Waals surface area contributed by atoms with E-state index in [-0.39, 0.29) is 11.9 Å². The van der Waals surface area contributed by atoms with Crippen LogP contribution in [-0.4, -0.2) is 11.9 Å². The van der Waals surface area contributed by atoms with E-state index in [4.69, 9.17) is 0 Å². The van der Waals surface area contributed by atoms with Gasteiger partial charge < -0.3 is 5.32 Å². The minimum Gasteiger partial charge on any atom is -0.350 e. The standard InChI is InChI=1S/C11H19NO.2C2H6/c1-5-7-8-10(6-2)11(13)12-9(3)4;2*1-2/h6-9H,5H2,1-4H3,(H,12,13);2*1-2H3/b8-7-,10-6+;;. The molecule has 102 valence electrons. The first-order valence-electron chi connectivity index (χ1n) is 6.75. The molecule has 17 heavy (non-hydrogen) atoms. The van der Waals surface area contributed by atoms with Gasteiger partial charge in [0, 0.05) is 11.6 Å². The van der Waals surface area contributed by atoms with Gasteiger partial charge in [-0.05, 0) is 27.2 Å². The van der Waals surface area contributed by atoms with Crippen molar-refractivity contribution in [2.24, 2.45) is 0 Å². The maximum absolute atomic E-state index is 11.5. The third kappa shape index (κ3) is 14.9. The molecule has 0 aliphatic heterocycles. The van der Waals surface area contributed by atoms with Crippen LogP contribution in [-0.2, 0) is 4.79 Å². The number of allylic oxidation sites excluding steroid dienone is 2. The lowest BCUT2D eigenvalue weighted by Gasteiger charge is -2.08. The molecule has 0 rings (SSSR count). The van der Waals surface area contributed by atoms with E-state index in [9.17, 15) is 4.79 Å². The molecule has 0 saturated heterocycles. The minimum absolute atomic E-state index is 0.00204. The van der Waals surface area contributed by atoms with Crippen LogP contribution in [0.2, 0.25) is 0 Å². The van der Waals surface area contributed by atoms with E-state index in [0.717, 1.165) is 12.0 Å². The lowest BCUT2D eigenvalue weighted by molar-refractivity contribution is -0.117. The second-order valence-corrected chi connectivity index (χ2v) is 3.18. The van der Waals surface area contributed by atoms with Gasteiger partial charge in [0.05, 0.1) is 0 Å². The van der Waals surface area contributed by atoms with Crippen LogP contribution in [0.4, 0.5) is 0 Å². The number of hydrogen-bond acceptors (Lipinski definition) is 1. The van der Waals surface area contributed by atoms with Crippen molar-refractivity contribution in [3.8, 4) is 0 Å². The van der Waals surface area contributed by atoms with Crippen molar-refractivity contribution < 1.29 is 4.79 Å². The van der Waals surface area contributed by atoms with Crippen LogP contribution < -0.4 is 5.32 Å². The number of carbonyl (C=O) groups excluding carboxylic acids is 1. The Morgan fingerprint density at radius 2 is 1.65 bits per heavy atom. The Hall–Kier alpha value is -1.05. The lowest BCUT2D eigenvalue weighted by Crippen LogP contribution is -2.30. The van der Waals surface area contributed by atoms with Gasteiger partial charge in [0.1, 0.15) is 0 Å². The Balaban J connectivity index is -0.000000439. The van der Waals surface area contributed by atoms with Gasteiger partial charge in [0.15, 0.2) is 0 Å². The van der Waals surface area contributed by atoms with E-state index in [0.29, 0.717) is 0 Å². The molecule has 0 aliphatic rings.